The minimum absolute atomic E-state index is 0.693. The number of aromatic nitrogens is 2. The fourth-order valence-corrected chi connectivity index (χ4v) is 3.31. The summed E-state index contributed by atoms with van der Waals surface area (Å²) in [4.78, 5) is 9.71. The predicted octanol–water partition coefficient (Wildman–Crippen LogP) is 4.33. The van der Waals surface area contributed by atoms with Gasteiger partial charge in [-0.05, 0) is 36.4 Å². The van der Waals surface area contributed by atoms with E-state index >= 15 is 0 Å². The van der Waals surface area contributed by atoms with Gasteiger partial charge in [-0.3, -0.25) is 4.98 Å². The number of hydrogen-bond donors (Lipinski definition) is 0. The first kappa shape index (κ1) is 17.0. The molecule has 3 aromatic heterocycles. The molecular formula is C20H16N4O2S. The second-order valence-corrected chi connectivity index (χ2v) is 6.31. The fourth-order valence-electron chi connectivity index (χ4n) is 2.48. The van der Waals surface area contributed by atoms with Gasteiger partial charge in [-0.2, -0.15) is 5.10 Å². The minimum atomic E-state index is 0.693. The predicted molar refractivity (Wildman–Crippen MR) is 105 cm³/mol. The number of methoxy groups -OCH3 is 1. The summed E-state index contributed by atoms with van der Waals surface area (Å²) in [5, 5.41) is 6.55. The van der Waals surface area contributed by atoms with Gasteiger partial charge in [0.15, 0.2) is 5.76 Å². The number of thiazole rings is 1. The fraction of sp³-hybridized carbons (Fsp3) is 0.0500. The van der Waals surface area contributed by atoms with E-state index in [-0.39, 0.29) is 0 Å². The molecule has 0 aliphatic rings. The Kier molecular flexibility index (Phi) is 4.93. The van der Waals surface area contributed by atoms with Crippen molar-refractivity contribution in [1.82, 2.24) is 9.66 Å². The number of para-hydroxylation sites is 2. The molecule has 0 saturated heterocycles. The van der Waals surface area contributed by atoms with Crippen LogP contribution in [0.3, 0.4) is 0 Å². The summed E-state index contributed by atoms with van der Waals surface area (Å²) in [5.41, 5.74) is 2.30. The number of ether oxygens (including phenoxy) is 1. The van der Waals surface area contributed by atoms with Gasteiger partial charge < -0.3 is 9.15 Å². The highest BCUT2D eigenvalue weighted by Crippen LogP contribution is 2.26. The van der Waals surface area contributed by atoms with Crippen molar-refractivity contribution in [3.8, 4) is 17.2 Å². The lowest BCUT2D eigenvalue weighted by atomic mass is 10.3. The molecule has 0 N–H and O–H groups in total. The molecule has 0 unspecified atom stereocenters. The SMILES string of the molecule is COc1ccccc1N=c1scc(-c2ccco2)n1/N=C\c1ccccn1. The standard InChI is InChI=1S/C20H16N4O2S/c1-25-18-9-3-2-8-16(18)23-20-24(22-13-15-7-4-5-11-21-15)17(14-27-20)19-10-6-12-26-19/h2-14H,1H3/b22-13-,23-20?. The van der Waals surface area contributed by atoms with Crippen molar-refractivity contribution >= 4 is 23.2 Å². The van der Waals surface area contributed by atoms with E-state index in [2.05, 4.69) is 10.1 Å². The number of nitrogens with zero attached hydrogens (tertiary/aromatic N) is 4. The van der Waals surface area contributed by atoms with Gasteiger partial charge in [-0.25, -0.2) is 9.67 Å². The third-order valence-corrected chi connectivity index (χ3v) is 4.57. The van der Waals surface area contributed by atoms with Crippen molar-refractivity contribution in [3.63, 3.8) is 0 Å². The van der Waals surface area contributed by atoms with E-state index in [1.165, 1.54) is 11.3 Å². The normalized spacial score (nSPS) is 12.0. The first-order valence-electron chi connectivity index (χ1n) is 8.23. The quantitative estimate of drug-likeness (QED) is 0.487. The summed E-state index contributed by atoms with van der Waals surface area (Å²) in [7, 11) is 1.63. The highest BCUT2D eigenvalue weighted by molar-refractivity contribution is 7.07. The molecule has 0 amide bonds. The van der Waals surface area contributed by atoms with Gasteiger partial charge in [0.1, 0.15) is 17.1 Å². The topological polar surface area (TPSA) is 64.9 Å². The largest absolute Gasteiger partial charge is 0.494 e. The van der Waals surface area contributed by atoms with E-state index in [0.29, 0.717) is 16.3 Å². The molecule has 27 heavy (non-hydrogen) atoms. The van der Waals surface area contributed by atoms with Crippen LogP contribution < -0.4 is 9.54 Å². The van der Waals surface area contributed by atoms with Crippen LogP contribution in [0.15, 0.2) is 86.9 Å². The van der Waals surface area contributed by atoms with E-state index in [1.807, 2.05) is 60.0 Å². The Balaban J connectivity index is 1.85. The Labute approximate surface area is 159 Å². The van der Waals surface area contributed by atoms with Gasteiger partial charge >= 0.3 is 0 Å². The average Bonchev–Trinajstić information content (AvgIpc) is 3.37. The summed E-state index contributed by atoms with van der Waals surface area (Å²) in [6.07, 6.45) is 5.06. The molecule has 0 radical (unpaired) electrons. The van der Waals surface area contributed by atoms with Crippen molar-refractivity contribution in [2.24, 2.45) is 10.1 Å². The lowest BCUT2D eigenvalue weighted by Crippen LogP contribution is -2.11. The van der Waals surface area contributed by atoms with Gasteiger partial charge in [0.25, 0.3) is 0 Å². The smallest absolute Gasteiger partial charge is 0.211 e. The molecule has 0 aliphatic carbocycles. The highest BCUT2D eigenvalue weighted by atomic mass is 32.1. The van der Waals surface area contributed by atoms with Crippen molar-refractivity contribution in [2.45, 2.75) is 0 Å². The van der Waals surface area contributed by atoms with E-state index in [9.17, 15) is 0 Å². The molecule has 3 heterocycles. The zero-order valence-electron chi connectivity index (χ0n) is 14.5. The zero-order valence-corrected chi connectivity index (χ0v) is 15.3. The lowest BCUT2D eigenvalue weighted by Gasteiger charge is -2.03. The highest BCUT2D eigenvalue weighted by Gasteiger charge is 2.10. The monoisotopic (exact) mass is 376 g/mol. The van der Waals surface area contributed by atoms with Crippen molar-refractivity contribution in [2.75, 3.05) is 7.11 Å². The Bertz CT molecular complexity index is 1110. The van der Waals surface area contributed by atoms with Crippen LogP contribution in [0.2, 0.25) is 0 Å². The molecule has 7 heteroatoms. The molecule has 6 nitrogen and oxygen atoms in total. The molecule has 0 spiro atoms. The van der Waals surface area contributed by atoms with E-state index in [4.69, 9.17) is 14.1 Å². The van der Waals surface area contributed by atoms with Crippen LogP contribution >= 0.6 is 11.3 Å². The van der Waals surface area contributed by atoms with Crippen LogP contribution in [0.25, 0.3) is 11.5 Å². The molecule has 0 atom stereocenters. The number of pyridine rings is 1. The van der Waals surface area contributed by atoms with Crippen LogP contribution in [0.1, 0.15) is 5.69 Å². The molecule has 4 rings (SSSR count). The van der Waals surface area contributed by atoms with Gasteiger partial charge in [0, 0.05) is 11.6 Å². The Morgan fingerprint density at radius 2 is 2.00 bits per heavy atom. The molecule has 0 saturated carbocycles. The number of hydrogen-bond acceptors (Lipinski definition) is 6. The zero-order chi connectivity index (χ0) is 18.5. The Hall–Kier alpha value is -3.45. The van der Waals surface area contributed by atoms with Crippen molar-refractivity contribution in [1.29, 1.82) is 0 Å². The van der Waals surface area contributed by atoms with Crippen LogP contribution in [-0.4, -0.2) is 23.0 Å². The van der Waals surface area contributed by atoms with E-state index in [1.54, 1.807) is 30.5 Å². The molecule has 1 aromatic carbocycles. The first-order chi connectivity index (χ1) is 13.3. The third-order valence-electron chi connectivity index (χ3n) is 3.75. The van der Waals surface area contributed by atoms with Crippen molar-refractivity contribution < 1.29 is 9.15 Å². The summed E-state index contributed by atoms with van der Waals surface area (Å²) in [5.74, 6) is 1.41. The van der Waals surface area contributed by atoms with Crippen LogP contribution in [0.5, 0.6) is 5.75 Å². The maximum Gasteiger partial charge on any atom is 0.211 e. The molecule has 134 valence electrons. The minimum Gasteiger partial charge on any atom is -0.494 e. The number of rotatable bonds is 5. The Morgan fingerprint density at radius 1 is 1.11 bits per heavy atom. The van der Waals surface area contributed by atoms with Crippen LogP contribution in [0, 0.1) is 0 Å². The summed E-state index contributed by atoms with van der Waals surface area (Å²) in [6, 6.07) is 17.0. The van der Waals surface area contributed by atoms with E-state index in [0.717, 1.165) is 17.1 Å². The maximum atomic E-state index is 5.55. The average molecular weight is 376 g/mol. The molecule has 4 aromatic rings. The van der Waals surface area contributed by atoms with E-state index < -0.39 is 0 Å². The first-order valence-corrected chi connectivity index (χ1v) is 9.10. The molecule has 0 bridgehead atoms. The van der Waals surface area contributed by atoms with Gasteiger partial charge in [0.2, 0.25) is 4.80 Å². The summed E-state index contributed by atoms with van der Waals surface area (Å²) >= 11 is 1.47. The third kappa shape index (κ3) is 3.73. The maximum absolute atomic E-state index is 5.55. The van der Waals surface area contributed by atoms with Crippen LogP contribution in [0.4, 0.5) is 5.69 Å². The molecular weight excluding hydrogens is 360 g/mol. The summed E-state index contributed by atoms with van der Waals surface area (Å²) < 4.78 is 12.7. The lowest BCUT2D eigenvalue weighted by molar-refractivity contribution is 0.416. The van der Waals surface area contributed by atoms with Crippen LogP contribution in [-0.2, 0) is 0 Å². The van der Waals surface area contributed by atoms with Gasteiger partial charge in [0.05, 0.1) is 25.3 Å². The number of furan rings is 1. The molecule has 0 fully saturated rings. The Morgan fingerprint density at radius 3 is 2.78 bits per heavy atom. The van der Waals surface area contributed by atoms with Gasteiger partial charge in [-0.15, -0.1) is 11.3 Å². The number of benzene rings is 1. The summed E-state index contributed by atoms with van der Waals surface area (Å²) in [6.45, 7) is 0. The van der Waals surface area contributed by atoms with Gasteiger partial charge in [-0.1, -0.05) is 18.2 Å². The van der Waals surface area contributed by atoms with Crippen molar-refractivity contribution in [3.05, 3.63) is 82.9 Å². The second-order valence-electron chi connectivity index (χ2n) is 5.48. The molecule has 0 aliphatic heterocycles. The second kappa shape index (κ2) is 7.84.